The van der Waals surface area contributed by atoms with Crippen molar-refractivity contribution >= 4 is 33.0 Å². The largest absolute Gasteiger partial charge is 0.465 e. The SMILES string of the molecule is COC(=O)c1ccc(NS(=O)(=O)c2cc(-c3cc(C(F)(F)F)on3)sc2C)cc1. The molecule has 0 amide bonds. The Morgan fingerprint density at radius 3 is 2.41 bits per heavy atom. The van der Waals surface area contributed by atoms with E-state index in [1.54, 1.807) is 0 Å². The molecule has 7 nitrogen and oxygen atoms in total. The molecule has 29 heavy (non-hydrogen) atoms. The van der Waals surface area contributed by atoms with Gasteiger partial charge in [-0.2, -0.15) is 13.2 Å². The summed E-state index contributed by atoms with van der Waals surface area (Å²) in [5.74, 6) is -1.84. The summed E-state index contributed by atoms with van der Waals surface area (Å²) in [5.41, 5.74) is 0.329. The monoisotopic (exact) mass is 446 g/mol. The highest BCUT2D eigenvalue weighted by Gasteiger charge is 2.36. The number of hydrogen-bond acceptors (Lipinski definition) is 7. The van der Waals surface area contributed by atoms with Crippen LogP contribution in [0.25, 0.3) is 10.6 Å². The van der Waals surface area contributed by atoms with Crippen molar-refractivity contribution in [2.24, 2.45) is 0 Å². The molecule has 1 aromatic carbocycles. The van der Waals surface area contributed by atoms with Gasteiger partial charge in [0.05, 0.1) is 17.6 Å². The summed E-state index contributed by atoms with van der Waals surface area (Å²) in [6, 6.07) is 7.50. The molecule has 0 atom stereocenters. The molecular formula is C17H13F3N2O5S2. The first-order chi connectivity index (χ1) is 13.5. The second-order valence-corrected chi connectivity index (χ2v) is 8.69. The number of carbonyl (C=O) groups is 1. The fourth-order valence-electron chi connectivity index (χ4n) is 2.39. The Kier molecular flexibility index (Phi) is 5.41. The third-order valence-electron chi connectivity index (χ3n) is 3.76. The van der Waals surface area contributed by atoms with Gasteiger partial charge in [0.2, 0.25) is 5.76 Å². The summed E-state index contributed by atoms with van der Waals surface area (Å²) in [5, 5.41) is 3.36. The topological polar surface area (TPSA) is 98.5 Å². The lowest BCUT2D eigenvalue weighted by Gasteiger charge is -2.08. The summed E-state index contributed by atoms with van der Waals surface area (Å²) in [6.07, 6.45) is -4.69. The van der Waals surface area contributed by atoms with Crippen molar-refractivity contribution in [3.63, 3.8) is 0 Å². The number of hydrogen-bond donors (Lipinski definition) is 1. The van der Waals surface area contributed by atoms with Gasteiger partial charge in [-0.3, -0.25) is 4.72 Å². The smallest absolute Gasteiger partial charge is 0.452 e. The number of thiophene rings is 1. The van der Waals surface area contributed by atoms with Gasteiger partial charge in [-0.05, 0) is 37.3 Å². The molecule has 1 N–H and O–H groups in total. The summed E-state index contributed by atoms with van der Waals surface area (Å²) >= 11 is 0.968. The van der Waals surface area contributed by atoms with Gasteiger partial charge in [-0.15, -0.1) is 11.3 Å². The molecule has 2 aromatic heterocycles. The zero-order chi connectivity index (χ0) is 21.4. The predicted octanol–water partition coefficient (Wildman–Crippen LogP) is 4.32. The van der Waals surface area contributed by atoms with E-state index < -0.39 is 27.9 Å². The molecule has 0 fully saturated rings. The zero-order valence-corrected chi connectivity index (χ0v) is 16.5. The fraction of sp³-hybridized carbons (Fsp3) is 0.176. The molecule has 0 aliphatic heterocycles. The van der Waals surface area contributed by atoms with Crippen molar-refractivity contribution in [3.8, 4) is 10.6 Å². The van der Waals surface area contributed by atoms with Crippen molar-refractivity contribution in [1.29, 1.82) is 0 Å². The van der Waals surface area contributed by atoms with Crippen molar-refractivity contribution in [1.82, 2.24) is 5.16 Å². The van der Waals surface area contributed by atoms with Crippen molar-refractivity contribution in [2.75, 3.05) is 11.8 Å². The molecule has 0 aliphatic carbocycles. The molecule has 2 heterocycles. The minimum absolute atomic E-state index is 0.105. The van der Waals surface area contributed by atoms with Gasteiger partial charge in [-0.1, -0.05) is 5.16 Å². The second-order valence-electron chi connectivity index (χ2n) is 5.78. The number of esters is 1. The summed E-state index contributed by atoms with van der Waals surface area (Å²) in [6.45, 7) is 1.52. The predicted molar refractivity (Wildman–Crippen MR) is 98.1 cm³/mol. The van der Waals surface area contributed by atoms with E-state index in [0.717, 1.165) is 11.3 Å². The molecule has 0 bridgehead atoms. The highest BCUT2D eigenvalue weighted by atomic mass is 32.2. The van der Waals surface area contributed by atoms with Gasteiger partial charge in [-0.25, -0.2) is 13.2 Å². The number of halogens is 3. The number of benzene rings is 1. The number of alkyl halides is 3. The van der Waals surface area contributed by atoms with Crippen molar-refractivity contribution in [2.45, 2.75) is 18.0 Å². The van der Waals surface area contributed by atoms with Crippen LogP contribution in [0.1, 0.15) is 21.0 Å². The molecule has 0 saturated heterocycles. The van der Waals surface area contributed by atoms with Gasteiger partial charge in [0.25, 0.3) is 10.0 Å². The Morgan fingerprint density at radius 1 is 1.21 bits per heavy atom. The van der Waals surface area contributed by atoms with E-state index in [1.807, 2.05) is 0 Å². The number of anilines is 1. The minimum Gasteiger partial charge on any atom is -0.465 e. The summed E-state index contributed by atoms with van der Waals surface area (Å²) in [7, 11) is -2.80. The number of nitrogens with one attached hydrogen (secondary N) is 1. The molecule has 3 rings (SSSR count). The highest BCUT2D eigenvalue weighted by molar-refractivity contribution is 7.93. The Labute approximate surface area is 167 Å². The number of rotatable bonds is 5. The van der Waals surface area contributed by atoms with Gasteiger partial charge in [0.15, 0.2) is 0 Å². The first-order valence-corrected chi connectivity index (χ1v) is 10.2. The second kappa shape index (κ2) is 7.52. The van der Waals surface area contributed by atoms with Crippen LogP contribution in [0.15, 0.2) is 45.8 Å². The van der Waals surface area contributed by atoms with E-state index >= 15 is 0 Å². The average Bonchev–Trinajstić information content (AvgIpc) is 3.28. The van der Waals surface area contributed by atoms with Crippen LogP contribution in [0.2, 0.25) is 0 Å². The number of sulfonamides is 1. The van der Waals surface area contributed by atoms with Crippen molar-refractivity contribution in [3.05, 3.63) is 52.6 Å². The van der Waals surface area contributed by atoms with Gasteiger partial charge in [0, 0.05) is 16.6 Å². The number of ether oxygens (including phenoxy) is 1. The van der Waals surface area contributed by atoms with Crippen LogP contribution in [0, 0.1) is 6.92 Å². The number of carbonyl (C=O) groups excluding carboxylic acids is 1. The van der Waals surface area contributed by atoms with E-state index in [2.05, 4.69) is 19.1 Å². The minimum atomic E-state index is -4.69. The van der Waals surface area contributed by atoms with Gasteiger partial charge in [0.1, 0.15) is 10.6 Å². The number of methoxy groups -OCH3 is 1. The molecule has 0 spiro atoms. The third-order valence-corrected chi connectivity index (χ3v) is 6.47. The van der Waals surface area contributed by atoms with Crippen LogP contribution >= 0.6 is 11.3 Å². The first-order valence-electron chi connectivity index (χ1n) is 7.87. The van der Waals surface area contributed by atoms with Crippen LogP contribution in [-0.2, 0) is 20.9 Å². The highest BCUT2D eigenvalue weighted by Crippen LogP contribution is 2.37. The Hall–Kier alpha value is -2.86. The number of aromatic nitrogens is 1. The lowest BCUT2D eigenvalue weighted by Crippen LogP contribution is -2.13. The maximum absolute atomic E-state index is 12.7. The van der Waals surface area contributed by atoms with Gasteiger partial charge >= 0.3 is 12.1 Å². The number of nitrogens with zero attached hydrogens (tertiary/aromatic N) is 1. The molecule has 154 valence electrons. The molecule has 0 radical (unpaired) electrons. The van der Waals surface area contributed by atoms with Crippen LogP contribution < -0.4 is 4.72 Å². The normalized spacial score (nSPS) is 12.0. The van der Waals surface area contributed by atoms with E-state index in [4.69, 9.17) is 0 Å². The maximum Gasteiger partial charge on any atom is 0.452 e. The van der Waals surface area contributed by atoms with Crippen LogP contribution in [0.3, 0.4) is 0 Å². The molecule has 3 aromatic rings. The molecule has 0 aliphatic rings. The Balaban J connectivity index is 1.86. The standard InChI is InChI=1S/C17H13F3N2O5S2/c1-9-14(8-13(28-9)12-7-15(27-21-12)17(18,19)20)29(24,25)22-11-5-3-10(4-6-11)16(23)26-2/h3-8,22H,1-2H3. The van der Waals surface area contributed by atoms with Crippen LogP contribution in [0.4, 0.5) is 18.9 Å². The Bertz CT molecular complexity index is 1150. The van der Waals surface area contributed by atoms with E-state index in [0.29, 0.717) is 10.9 Å². The van der Waals surface area contributed by atoms with E-state index in [-0.39, 0.29) is 26.7 Å². The quantitative estimate of drug-likeness (QED) is 0.586. The number of aryl methyl sites for hydroxylation is 1. The zero-order valence-electron chi connectivity index (χ0n) is 14.9. The van der Waals surface area contributed by atoms with Crippen LogP contribution in [-0.4, -0.2) is 26.7 Å². The van der Waals surface area contributed by atoms with Crippen molar-refractivity contribution < 1.29 is 35.6 Å². The molecule has 0 unspecified atom stereocenters. The van der Waals surface area contributed by atoms with Crippen LogP contribution in [0.5, 0.6) is 0 Å². The lowest BCUT2D eigenvalue weighted by atomic mass is 10.2. The average molecular weight is 446 g/mol. The fourth-order valence-corrected chi connectivity index (χ4v) is 4.99. The summed E-state index contributed by atoms with van der Waals surface area (Å²) in [4.78, 5) is 11.9. The molecular weight excluding hydrogens is 433 g/mol. The molecule has 0 saturated carbocycles. The summed E-state index contributed by atoms with van der Waals surface area (Å²) < 4.78 is 74.6. The lowest BCUT2D eigenvalue weighted by molar-refractivity contribution is -0.155. The van der Waals surface area contributed by atoms with E-state index in [9.17, 15) is 26.4 Å². The van der Waals surface area contributed by atoms with Gasteiger partial charge < -0.3 is 9.26 Å². The maximum atomic E-state index is 12.7. The first kappa shape index (κ1) is 20.9. The van der Waals surface area contributed by atoms with E-state index in [1.165, 1.54) is 44.4 Å². The Morgan fingerprint density at radius 2 is 1.86 bits per heavy atom. The third kappa shape index (κ3) is 4.43. The molecule has 12 heteroatoms.